The average Bonchev–Trinajstić information content (AvgIpc) is 2.60. The lowest BCUT2D eigenvalue weighted by atomic mass is 10.1. The lowest BCUT2D eigenvalue weighted by Crippen LogP contribution is -2.30. The van der Waals surface area contributed by atoms with Gasteiger partial charge in [0.15, 0.2) is 0 Å². The first kappa shape index (κ1) is 20.5. The maximum absolute atomic E-state index is 12.1. The second-order valence-electron chi connectivity index (χ2n) is 6.40. The molecule has 0 fully saturated rings. The summed E-state index contributed by atoms with van der Waals surface area (Å²) in [6.07, 6.45) is 0. The van der Waals surface area contributed by atoms with E-state index in [1.54, 1.807) is 49.4 Å². The lowest BCUT2D eigenvalue weighted by molar-refractivity contribution is -0.384. The van der Waals surface area contributed by atoms with Crippen LogP contribution in [0.2, 0.25) is 5.02 Å². The average molecular weight is 392 g/mol. The van der Waals surface area contributed by atoms with Gasteiger partial charge in [-0.1, -0.05) is 11.6 Å². The Kier molecular flexibility index (Phi) is 6.63. The van der Waals surface area contributed by atoms with Gasteiger partial charge >= 0.3 is 0 Å². The van der Waals surface area contributed by atoms with Crippen molar-refractivity contribution in [3.8, 4) is 5.75 Å². The second kappa shape index (κ2) is 8.73. The molecule has 8 heteroatoms. The largest absolute Gasteiger partial charge is 0.496 e. The molecule has 144 valence electrons. The van der Waals surface area contributed by atoms with Crippen LogP contribution in [0.1, 0.15) is 29.8 Å². The van der Waals surface area contributed by atoms with Gasteiger partial charge in [0.05, 0.1) is 12.0 Å². The quantitative estimate of drug-likeness (QED) is 0.569. The minimum Gasteiger partial charge on any atom is -0.496 e. The van der Waals surface area contributed by atoms with E-state index in [0.717, 1.165) is 5.56 Å². The fourth-order valence-electron chi connectivity index (χ4n) is 2.69. The van der Waals surface area contributed by atoms with E-state index >= 15 is 0 Å². The van der Waals surface area contributed by atoms with Crippen LogP contribution in [-0.4, -0.2) is 31.0 Å². The van der Waals surface area contributed by atoms with E-state index in [4.69, 9.17) is 16.3 Å². The zero-order valence-corrected chi connectivity index (χ0v) is 16.4. The summed E-state index contributed by atoms with van der Waals surface area (Å²) in [5.41, 5.74) is 1.29. The van der Waals surface area contributed by atoms with Gasteiger partial charge in [0.2, 0.25) is 0 Å². The van der Waals surface area contributed by atoms with Crippen LogP contribution in [-0.2, 0) is 6.54 Å². The molecule has 0 aliphatic rings. The van der Waals surface area contributed by atoms with Crippen molar-refractivity contribution < 1.29 is 14.5 Å². The van der Waals surface area contributed by atoms with Gasteiger partial charge < -0.3 is 15.0 Å². The molecule has 0 atom stereocenters. The fourth-order valence-corrected chi connectivity index (χ4v) is 2.89. The number of nitro benzene ring substituents is 1. The molecule has 2 aromatic carbocycles. The zero-order valence-electron chi connectivity index (χ0n) is 15.7. The van der Waals surface area contributed by atoms with E-state index in [9.17, 15) is 14.9 Å². The van der Waals surface area contributed by atoms with Gasteiger partial charge in [0.25, 0.3) is 11.6 Å². The predicted molar refractivity (Wildman–Crippen MR) is 106 cm³/mol. The molecule has 0 spiro atoms. The molecule has 27 heavy (non-hydrogen) atoms. The Labute approximate surface area is 163 Å². The number of hydrogen-bond acceptors (Lipinski definition) is 5. The number of nitrogens with zero attached hydrogens (tertiary/aromatic N) is 2. The number of carbonyl (C=O) groups excluding carboxylic acids is 1. The number of hydrogen-bond donors (Lipinski definition) is 1. The minimum absolute atomic E-state index is 0.0609. The maximum Gasteiger partial charge on any atom is 0.293 e. The molecule has 0 saturated heterocycles. The molecule has 0 bridgehead atoms. The van der Waals surface area contributed by atoms with Crippen LogP contribution in [0.25, 0.3) is 0 Å². The summed E-state index contributed by atoms with van der Waals surface area (Å²) in [6, 6.07) is 9.60. The molecule has 1 amide bonds. The van der Waals surface area contributed by atoms with E-state index in [-0.39, 0.29) is 23.2 Å². The third kappa shape index (κ3) is 5.10. The van der Waals surface area contributed by atoms with Gasteiger partial charge in [0, 0.05) is 41.9 Å². The molecule has 7 nitrogen and oxygen atoms in total. The summed E-state index contributed by atoms with van der Waals surface area (Å²) >= 11 is 6.06. The number of nitrogens with one attached hydrogen (secondary N) is 1. The summed E-state index contributed by atoms with van der Waals surface area (Å²) in [5.74, 6) is 0.292. The molecule has 0 aliphatic carbocycles. The summed E-state index contributed by atoms with van der Waals surface area (Å²) in [4.78, 5) is 24.9. The summed E-state index contributed by atoms with van der Waals surface area (Å²) in [5, 5.41) is 14.8. The fraction of sp³-hybridized carbons (Fsp3) is 0.316. The summed E-state index contributed by atoms with van der Waals surface area (Å²) in [6.45, 7) is 4.00. The monoisotopic (exact) mass is 391 g/mol. The maximum atomic E-state index is 12.1. The number of rotatable bonds is 7. The van der Waals surface area contributed by atoms with E-state index in [0.29, 0.717) is 23.0 Å². The van der Waals surface area contributed by atoms with Crippen LogP contribution in [0.15, 0.2) is 36.4 Å². The number of anilines is 1. The first-order valence-electron chi connectivity index (χ1n) is 8.35. The molecular formula is C19H22ClN3O4. The van der Waals surface area contributed by atoms with Crippen molar-refractivity contribution in [1.82, 2.24) is 5.32 Å². The molecular weight excluding hydrogens is 370 g/mol. The van der Waals surface area contributed by atoms with Gasteiger partial charge in [-0.3, -0.25) is 14.9 Å². The van der Waals surface area contributed by atoms with Crippen molar-refractivity contribution >= 4 is 28.9 Å². The summed E-state index contributed by atoms with van der Waals surface area (Å²) in [7, 11) is 3.29. The molecule has 0 saturated carbocycles. The molecule has 0 heterocycles. The van der Waals surface area contributed by atoms with Crippen molar-refractivity contribution in [2.45, 2.75) is 26.4 Å². The van der Waals surface area contributed by atoms with Gasteiger partial charge in [-0.25, -0.2) is 0 Å². The highest BCUT2D eigenvalue weighted by Crippen LogP contribution is 2.31. The van der Waals surface area contributed by atoms with Crippen molar-refractivity contribution in [3.05, 3.63) is 62.7 Å². The van der Waals surface area contributed by atoms with Crippen molar-refractivity contribution in [1.29, 1.82) is 0 Å². The van der Waals surface area contributed by atoms with E-state index < -0.39 is 4.92 Å². The number of halogens is 1. The zero-order chi connectivity index (χ0) is 20.1. The molecule has 1 N–H and O–H groups in total. The Hall–Kier alpha value is -2.80. The van der Waals surface area contributed by atoms with E-state index in [1.165, 1.54) is 6.07 Å². The van der Waals surface area contributed by atoms with Crippen molar-refractivity contribution in [2.24, 2.45) is 0 Å². The van der Waals surface area contributed by atoms with Gasteiger partial charge in [0.1, 0.15) is 11.4 Å². The summed E-state index contributed by atoms with van der Waals surface area (Å²) < 4.78 is 5.33. The van der Waals surface area contributed by atoms with E-state index in [1.807, 2.05) is 13.8 Å². The third-order valence-corrected chi connectivity index (χ3v) is 4.15. The highest BCUT2D eigenvalue weighted by atomic mass is 35.5. The van der Waals surface area contributed by atoms with Crippen LogP contribution < -0.4 is 15.0 Å². The smallest absolute Gasteiger partial charge is 0.293 e. The Morgan fingerprint density at radius 3 is 2.59 bits per heavy atom. The Morgan fingerprint density at radius 2 is 2.00 bits per heavy atom. The number of amides is 1. The van der Waals surface area contributed by atoms with Crippen LogP contribution >= 0.6 is 11.6 Å². The number of nitro groups is 1. The molecule has 0 unspecified atom stereocenters. The minimum atomic E-state index is -0.493. The van der Waals surface area contributed by atoms with Crippen LogP contribution in [0.3, 0.4) is 0 Å². The molecule has 0 aliphatic heterocycles. The SMILES string of the molecule is COc1ccc(Cl)cc1CN(C)c1ccc(C(=O)NC(C)C)cc1[N+](=O)[O-]. The lowest BCUT2D eigenvalue weighted by Gasteiger charge is -2.21. The Bertz CT molecular complexity index is 855. The van der Waals surface area contributed by atoms with Gasteiger partial charge in [-0.05, 0) is 44.2 Å². The molecule has 2 rings (SSSR count). The number of ether oxygens (including phenoxy) is 1. The number of benzene rings is 2. The first-order chi connectivity index (χ1) is 12.7. The van der Waals surface area contributed by atoms with Crippen LogP contribution in [0.5, 0.6) is 5.75 Å². The number of methoxy groups -OCH3 is 1. The Balaban J connectivity index is 2.35. The van der Waals surface area contributed by atoms with Crippen molar-refractivity contribution in [3.63, 3.8) is 0 Å². The van der Waals surface area contributed by atoms with Gasteiger partial charge in [-0.2, -0.15) is 0 Å². The normalized spacial score (nSPS) is 10.6. The van der Waals surface area contributed by atoms with Crippen LogP contribution in [0.4, 0.5) is 11.4 Å². The highest BCUT2D eigenvalue weighted by molar-refractivity contribution is 6.30. The predicted octanol–water partition coefficient (Wildman–Crippen LogP) is 4.03. The molecule has 2 aromatic rings. The standard InChI is InChI=1S/C19H22ClN3O4/c1-12(2)21-19(24)13-5-7-16(17(10-13)23(25)26)22(3)11-14-9-15(20)6-8-18(14)27-4/h5-10,12H,11H2,1-4H3,(H,21,24). The molecule has 0 aromatic heterocycles. The third-order valence-electron chi connectivity index (χ3n) is 3.92. The second-order valence-corrected chi connectivity index (χ2v) is 6.84. The highest BCUT2D eigenvalue weighted by Gasteiger charge is 2.21. The topological polar surface area (TPSA) is 84.7 Å². The van der Waals surface area contributed by atoms with Gasteiger partial charge in [-0.15, -0.1) is 0 Å². The van der Waals surface area contributed by atoms with Crippen molar-refractivity contribution in [2.75, 3.05) is 19.1 Å². The molecule has 0 radical (unpaired) electrons. The first-order valence-corrected chi connectivity index (χ1v) is 8.73. The Morgan fingerprint density at radius 1 is 1.30 bits per heavy atom. The van der Waals surface area contributed by atoms with E-state index in [2.05, 4.69) is 5.32 Å². The number of carbonyl (C=O) groups is 1. The van der Waals surface area contributed by atoms with Crippen LogP contribution in [0, 0.1) is 10.1 Å².